The number of carboxylic acid groups (broad SMARTS) is 1. The van der Waals surface area contributed by atoms with Crippen molar-refractivity contribution < 1.29 is 9.90 Å². The van der Waals surface area contributed by atoms with Crippen LogP contribution < -0.4 is 0 Å². The lowest BCUT2D eigenvalue weighted by molar-refractivity contribution is 0.0690. The van der Waals surface area contributed by atoms with Crippen LogP contribution in [0.15, 0.2) is 30.6 Å². The SMILES string of the molecule is CC(C)Cc1cc(C(=O)O)nn1-c1ccncc1. The average molecular weight is 245 g/mol. The number of carbonyl (C=O) groups is 1. The molecule has 0 bridgehead atoms. The monoisotopic (exact) mass is 245 g/mol. The van der Waals surface area contributed by atoms with Gasteiger partial charge in [0, 0.05) is 18.1 Å². The molecule has 18 heavy (non-hydrogen) atoms. The third-order valence-corrected chi connectivity index (χ3v) is 2.53. The van der Waals surface area contributed by atoms with Crippen LogP contribution in [0.25, 0.3) is 5.69 Å². The summed E-state index contributed by atoms with van der Waals surface area (Å²) >= 11 is 0. The van der Waals surface area contributed by atoms with Gasteiger partial charge in [-0.2, -0.15) is 5.10 Å². The maximum atomic E-state index is 11.0. The van der Waals surface area contributed by atoms with E-state index >= 15 is 0 Å². The molecule has 2 rings (SSSR count). The highest BCUT2D eigenvalue weighted by molar-refractivity contribution is 5.85. The Morgan fingerprint density at radius 2 is 2.06 bits per heavy atom. The minimum absolute atomic E-state index is 0.0717. The molecule has 0 amide bonds. The zero-order valence-corrected chi connectivity index (χ0v) is 10.4. The van der Waals surface area contributed by atoms with E-state index in [1.54, 1.807) is 23.1 Å². The van der Waals surface area contributed by atoms with Crippen molar-refractivity contribution in [2.45, 2.75) is 20.3 Å². The Labute approximate surface area is 105 Å². The number of carboxylic acids is 1. The van der Waals surface area contributed by atoms with Crippen LogP contribution in [-0.2, 0) is 6.42 Å². The number of aromatic carboxylic acids is 1. The van der Waals surface area contributed by atoms with E-state index in [0.29, 0.717) is 5.92 Å². The fraction of sp³-hybridized carbons (Fsp3) is 0.308. The van der Waals surface area contributed by atoms with Crippen molar-refractivity contribution in [2.75, 3.05) is 0 Å². The molecule has 0 spiro atoms. The summed E-state index contributed by atoms with van der Waals surface area (Å²) in [4.78, 5) is 14.9. The summed E-state index contributed by atoms with van der Waals surface area (Å²) in [6.07, 6.45) is 4.11. The zero-order valence-electron chi connectivity index (χ0n) is 10.4. The van der Waals surface area contributed by atoms with Gasteiger partial charge in [-0.3, -0.25) is 4.98 Å². The Kier molecular flexibility index (Phi) is 3.41. The van der Waals surface area contributed by atoms with Crippen LogP contribution in [0.3, 0.4) is 0 Å². The summed E-state index contributed by atoms with van der Waals surface area (Å²) in [7, 11) is 0. The molecule has 0 atom stereocenters. The van der Waals surface area contributed by atoms with Crippen LogP contribution >= 0.6 is 0 Å². The topological polar surface area (TPSA) is 68.0 Å². The molecule has 5 nitrogen and oxygen atoms in total. The minimum atomic E-state index is -1.01. The third-order valence-electron chi connectivity index (χ3n) is 2.53. The largest absolute Gasteiger partial charge is 0.476 e. The predicted molar refractivity (Wildman–Crippen MR) is 66.9 cm³/mol. The third kappa shape index (κ3) is 2.56. The standard InChI is InChI=1S/C13H15N3O2/c1-9(2)7-11-8-12(13(17)18)15-16(11)10-3-5-14-6-4-10/h3-6,8-9H,7H2,1-2H3,(H,17,18). The molecule has 2 aromatic rings. The van der Waals surface area contributed by atoms with Gasteiger partial charge >= 0.3 is 5.97 Å². The molecule has 94 valence electrons. The number of pyridine rings is 1. The first-order chi connectivity index (χ1) is 8.58. The Bertz CT molecular complexity index is 547. The van der Waals surface area contributed by atoms with Crippen LogP contribution in [0.4, 0.5) is 0 Å². The van der Waals surface area contributed by atoms with Gasteiger partial charge in [0.15, 0.2) is 5.69 Å². The quantitative estimate of drug-likeness (QED) is 0.896. The Hall–Kier alpha value is -2.17. The Balaban J connectivity index is 2.47. The summed E-state index contributed by atoms with van der Waals surface area (Å²) in [5, 5.41) is 13.1. The molecule has 0 saturated carbocycles. The molecule has 0 radical (unpaired) electrons. The predicted octanol–water partition coefficient (Wildman–Crippen LogP) is 2.16. The average Bonchev–Trinajstić information content (AvgIpc) is 2.73. The lowest BCUT2D eigenvalue weighted by atomic mass is 10.1. The molecular formula is C13H15N3O2. The van der Waals surface area contributed by atoms with Gasteiger partial charge in [-0.1, -0.05) is 13.8 Å². The lowest BCUT2D eigenvalue weighted by Crippen LogP contribution is -2.06. The molecule has 0 unspecified atom stereocenters. The maximum Gasteiger partial charge on any atom is 0.356 e. The highest BCUT2D eigenvalue weighted by Crippen LogP contribution is 2.15. The minimum Gasteiger partial charge on any atom is -0.476 e. The molecule has 0 aliphatic carbocycles. The van der Waals surface area contributed by atoms with E-state index in [9.17, 15) is 4.79 Å². The van der Waals surface area contributed by atoms with Crippen molar-refractivity contribution in [2.24, 2.45) is 5.92 Å². The molecule has 5 heteroatoms. The van der Waals surface area contributed by atoms with Crippen molar-refractivity contribution >= 4 is 5.97 Å². The zero-order chi connectivity index (χ0) is 13.1. The van der Waals surface area contributed by atoms with Crippen LogP contribution in [0.5, 0.6) is 0 Å². The Morgan fingerprint density at radius 3 is 2.61 bits per heavy atom. The van der Waals surface area contributed by atoms with Gasteiger partial charge in [0.25, 0.3) is 0 Å². The molecule has 2 aromatic heterocycles. The molecule has 0 saturated heterocycles. The number of aromatic nitrogens is 3. The number of hydrogen-bond donors (Lipinski definition) is 1. The van der Waals surface area contributed by atoms with E-state index in [1.165, 1.54) is 0 Å². The van der Waals surface area contributed by atoms with Gasteiger partial charge in [0.2, 0.25) is 0 Å². The summed E-state index contributed by atoms with van der Waals surface area (Å²) in [5.74, 6) is -0.572. The van der Waals surface area contributed by atoms with E-state index in [1.807, 2.05) is 12.1 Å². The lowest BCUT2D eigenvalue weighted by Gasteiger charge is -2.08. The number of nitrogens with zero attached hydrogens (tertiary/aromatic N) is 3. The second kappa shape index (κ2) is 5.00. The molecule has 2 heterocycles. The molecule has 0 fully saturated rings. The van der Waals surface area contributed by atoms with Gasteiger partial charge < -0.3 is 5.11 Å². The Morgan fingerprint density at radius 1 is 1.39 bits per heavy atom. The van der Waals surface area contributed by atoms with Gasteiger partial charge in [-0.05, 0) is 30.5 Å². The number of rotatable bonds is 4. The highest BCUT2D eigenvalue weighted by atomic mass is 16.4. The van der Waals surface area contributed by atoms with Gasteiger partial charge in [0.05, 0.1) is 5.69 Å². The van der Waals surface area contributed by atoms with Crippen molar-refractivity contribution in [3.8, 4) is 5.69 Å². The van der Waals surface area contributed by atoms with Crippen LogP contribution in [0.1, 0.15) is 30.0 Å². The van der Waals surface area contributed by atoms with Crippen molar-refractivity contribution in [3.63, 3.8) is 0 Å². The van der Waals surface area contributed by atoms with E-state index in [-0.39, 0.29) is 5.69 Å². The summed E-state index contributed by atoms with van der Waals surface area (Å²) in [6.45, 7) is 4.18. The maximum absolute atomic E-state index is 11.0. The molecular weight excluding hydrogens is 230 g/mol. The fourth-order valence-corrected chi connectivity index (χ4v) is 1.80. The second-order valence-corrected chi connectivity index (χ2v) is 4.54. The summed E-state index contributed by atoms with van der Waals surface area (Å²) < 4.78 is 1.67. The van der Waals surface area contributed by atoms with Crippen molar-refractivity contribution in [1.82, 2.24) is 14.8 Å². The smallest absolute Gasteiger partial charge is 0.356 e. The van der Waals surface area contributed by atoms with Gasteiger partial charge in [-0.15, -0.1) is 0 Å². The normalized spacial score (nSPS) is 10.8. The highest BCUT2D eigenvalue weighted by Gasteiger charge is 2.15. The van der Waals surface area contributed by atoms with Gasteiger partial charge in [0.1, 0.15) is 0 Å². The van der Waals surface area contributed by atoms with E-state index in [0.717, 1.165) is 17.8 Å². The fourth-order valence-electron chi connectivity index (χ4n) is 1.80. The summed E-state index contributed by atoms with van der Waals surface area (Å²) in [6, 6.07) is 5.24. The van der Waals surface area contributed by atoms with E-state index < -0.39 is 5.97 Å². The van der Waals surface area contributed by atoms with Crippen LogP contribution in [0, 0.1) is 5.92 Å². The second-order valence-electron chi connectivity index (χ2n) is 4.54. The molecule has 0 aromatic carbocycles. The number of hydrogen-bond acceptors (Lipinski definition) is 3. The van der Waals surface area contributed by atoms with Crippen LogP contribution in [0.2, 0.25) is 0 Å². The van der Waals surface area contributed by atoms with Crippen LogP contribution in [-0.4, -0.2) is 25.8 Å². The van der Waals surface area contributed by atoms with Crippen molar-refractivity contribution in [3.05, 3.63) is 42.0 Å². The molecule has 0 aliphatic rings. The van der Waals surface area contributed by atoms with E-state index in [4.69, 9.17) is 5.11 Å². The first-order valence-corrected chi connectivity index (χ1v) is 5.80. The van der Waals surface area contributed by atoms with E-state index in [2.05, 4.69) is 23.9 Å². The van der Waals surface area contributed by atoms with Gasteiger partial charge in [-0.25, -0.2) is 9.48 Å². The summed E-state index contributed by atoms with van der Waals surface area (Å²) in [5.41, 5.74) is 1.80. The molecule has 1 N–H and O–H groups in total. The van der Waals surface area contributed by atoms with Crippen molar-refractivity contribution in [1.29, 1.82) is 0 Å². The first-order valence-electron chi connectivity index (χ1n) is 5.80. The first kappa shape index (κ1) is 12.3. The molecule has 0 aliphatic heterocycles.